The third-order valence-electron chi connectivity index (χ3n) is 4.75. The number of nitrogens with one attached hydrogen (secondary N) is 2. The van der Waals surface area contributed by atoms with Crippen LogP contribution in [-0.2, 0) is 4.79 Å². The molecule has 0 aliphatic rings. The summed E-state index contributed by atoms with van der Waals surface area (Å²) >= 11 is 7.18. The molecule has 2 aromatic carbocycles. The van der Waals surface area contributed by atoms with Crippen molar-refractivity contribution in [1.29, 1.82) is 0 Å². The molecular formula is C22H21ClN6OS. The van der Waals surface area contributed by atoms with E-state index in [-0.39, 0.29) is 11.7 Å². The first-order valence-electron chi connectivity index (χ1n) is 9.65. The van der Waals surface area contributed by atoms with E-state index < -0.39 is 0 Å². The number of aromatic nitrogens is 5. The van der Waals surface area contributed by atoms with Gasteiger partial charge < -0.3 is 5.32 Å². The lowest BCUT2D eigenvalue weighted by Crippen LogP contribution is -2.15. The Kier molecular flexibility index (Phi) is 6.11. The number of nitrogens with zero attached hydrogens (tertiary/aromatic N) is 4. The van der Waals surface area contributed by atoms with E-state index in [1.807, 2.05) is 61.9 Å². The third-order valence-corrected chi connectivity index (χ3v) is 5.85. The topological polar surface area (TPSA) is 88.5 Å². The normalized spacial score (nSPS) is 11.0. The van der Waals surface area contributed by atoms with Gasteiger partial charge in [0.25, 0.3) is 0 Å². The van der Waals surface area contributed by atoms with Crippen molar-refractivity contribution in [3.8, 4) is 17.1 Å². The maximum Gasteiger partial charge on any atom is 0.234 e. The van der Waals surface area contributed by atoms with E-state index in [1.165, 1.54) is 17.3 Å². The molecule has 1 amide bonds. The fourth-order valence-corrected chi connectivity index (χ4v) is 3.84. The van der Waals surface area contributed by atoms with Gasteiger partial charge in [0, 0.05) is 10.6 Å². The summed E-state index contributed by atoms with van der Waals surface area (Å²) in [7, 11) is 0. The molecule has 2 aromatic heterocycles. The number of aryl methyl sites for hydroxylation is 2. The van der Waals surface area contributed by atoms with Crippen molar-refractivity contribution in [2.45, 2.75) is 25.9 Å². The molecule has 0 unspecified atom stereocenters. The number of hydrogen-bond donors (Lipinski definition) is 2. The highest BCUT2D eigenvalue weighted by atomic mass is 35.5. The number of rotatable bonds is 6. The van der Waals surface area contributed by atoms with E-state index in [1.54, 1.807) is 12.1 Å². The van der Waals surface area contributed by atoms with Gasteiger partial charge in [0.2, 0.25) is 11.1 Å². The number of thioether (sulfide) groups is 1. The molecule has 0 aliphatic heterocycles. The number of aromatic amines is 1. The Hall–Kier alpha value is -3.10. The summed E-state index contributed by atoms with van der Waals surface area (Å²) in [5.41, 5.74) is 5.38. The molecule has 158 valence electrons. The highest BCUT2D eigenvalue weighted by Crippen LogP contribution is 2.24. The number of benzene rings is 2. The summed E-state index contributed by atoms with van der Waals surface area (Å²) in [6, 6.07) is 15.4. The molecule has 2 N–H and O–H groups in total. The van der Waals surface area contributed by atoms with E-state index >= 15 is 0 Å². The number of carbonyl (C=O) groups excluding carboxylic acids is 1. The fraction of sp³-hybridized carbons (Fsp3) is 0.182. The lowest BCUT2D eigenvalue weighted by molar-refractivity contribution is -0.113. The van der Waals surface area contributed by atoms with Crippen LogP contribution in [0.3, 0.4) is 0 Å². The molecule has 0 saturated heterocycles. The van der Waals surface area contributed by atoms with Crippen molar-refractivity contribution in [3.05, 3.63) is 70.5 Å². The van der Waals surface area contributed by atoms with E-state index in [0.717, 1.165) is 28.3 Å². The minimum Gasteiger partial charge on any atom is -0.322 e. The molecule has 7 nitrogen and oxygen atoms in total. The number of anilines is 1. The Morgan fingerprint density at radius 2 is 1.81 bits per heavy atom. The van der Waals surface area contributed by atoms with Crippen molar-refractivity contribution >= 4 is 35.0 Å². The van der Waals surface area contributed by atoms with E-state index in [4.69, 9.17) is 11.6 Å². The summed E-state index contributed by atoms with van der Waals surface area (Å²) in [6.07, 6.45) is 0. The quantitative estimate of drug-likeness (QED) is 0.403. The standard InChI is InChI=1S/C22H21ClN6OS/c1-13-4-10-18(11-5-13)29-15(3)20(14(2)28-29)24-19(30)12-31-22-25-21(26-27-22)16-6-8-17(23)9-7-16/h4-11H,12H2,1-3H3,(H,24,30)(H,25,26,27). The van der Waals surface area contributed by atoms with Crippen molar-refractivity contribution in [2.24, 2.45) is 0 Å². The number of carbonyl (C=O) groups is 1. The lowest BCUT2D eigenvalue weighted by atomic mass is 10.2. The molecule has 0 fully saturated rings. The average Bonchev–Trinajstić information content (AvgIpc) is 3.34. The molecule has 0 spiro atoms. The van der Waals surface area contributed by atoms with Crippen LogP contribution < -0.4 is 5.32 Å². The predicted molar refractivity (Wildman–Crippen MR) is 124 cm³/mol. The van der Waals surface area contributed by atoms with E-state index in [2.05, 4.69) is 25.6 Å². The van der Waals surface area contributed by atoms with Gasteiger partial charge in [-0.2, -0.15) is 5.10 Å². The zero-order chi connectivity index (χ0) is 22.0. The second kappa shape index (κ2) is 8.95. The molecule has 9 heteroatoms. The van der Waals surface area contributed by atoms with Crippen molar-refractivity contribution in [2.75, 3.05) is 11.1 Å². The SMILES string of the molecule is Cc1ccc(-n2nc(C)c(NC(=O)CSc3n[nH]c(-c4ccc(Cl)cc4)n3)c2C)cc1. The smallest absolute Gasteiger partial charge is 0.234 e. The summed E-state index contributed by atoms with van der Waals surface area (Å²) in [5, 5.41) is 15.8. The highest BCUT2D eigenvalue weighted by Gasteiger charge is 2.16. The van der Waals surface area contributed by atoms with Crippen LogP contribution in [0, 0.1) is 20.8 Å². The molecule has 0 radical (unpaired) electrons. The van der Waals surface area contributed by atoms with E-state index in [0.29, 0.717) is 16.0 Å². The van der Waals surface area contributed by atoms with Gasteiger partial charge in [-0.05, 0) is 57.2 Å². The maximum atomic E-state index is 12.5. The summed E-state index contributed by atoms with van der Waals surface area (Å²) in [6.45, 7) is 5.87. The van der Waals surface area contributed by atoms with Crippen molar-refractivity contribution < 1.29 is 4.79 Å². The number of hydrogen-bond acceptors (Lipinski definition) is 5. The first-order chi connectivity index (χ1) is 14.9. The van der Waals surface area contributed by atoms with Gasteiger partial charge in [-0.1, -0.05) is 41.1 Å². The Bertz CT molecular complexity index is 1210. The zero-order valence-electron chi connectivity index (χ0n) is 17.3. The van der Waals surface area contributed by atoms with Crippen molar-refractivity contribution in [3.63, 3.8) is 0 Å². The number of halogens is 1. The minimum absolute atomic E-state index is 0.141. The van der Waals surface area contributed by atoms with Gasteiger partial charge in [0.1, 0.15) is 0 Å². The zero-order valence-corrected chi connectivity index (χ0v) is 18.9. The molecule has 0 atom stereocenters. The predicted octanol–water partition coefficient (Wildman–Crippen LogP) is 4.97. The first-order valence-corrected chi connectivity index (χ1v) is 11.0. The average molecular weight is 453 g/mol. The number of amides is 1. The van der Waals surface area contributed by atoms with Crippen LogP contribution in [0.4, 0.5) is 5.69 Å². The largest absolute Gasteiger partial charge is 0.322 e. The molecule has 0 aliphatic carbocycles. The van der Waals surface area contributed by atoms with Gasteiger partial charge in [0.15, 0.2) is 5.82 Å². The Morgan fingerprint density at radius 1 is 1.10 bits per heavy atom. The summed E-state index contributed by atoms with van der Waals surface area (Å²) in [5.74, 6) is 0.676. The monoisotopic (exact) mass is 452 g/mol. The lowest BCUT2D eigenvalue weighted by Gasteiger charge is -2.07. The molecule has 0 bridgehead atoms. The number of H-pyrrole nitrogens is 1. The van der Waals surface area contributed by atoms with Crippen LogP contribution in [0.5, 0.6) is 0 Å². The van der Waals surface area contributed by atoms with Crippen LogP contribution in [0.1, 0.15) is 17.0 Å². The van der Waals surface area contributed by atoms with Crippen LogP contribution in [0.25, 0.3) is 17.1 Å². The first kappa shape index (κ1) is 21.1. The van der Waals surface area contributed by atoms with Gasteiger partial charge in [0.05, 0.1) is 28.5 Å². The Labute approximate surface area is 189 Å². The van der Waals surface area contributed by atoms with Crippen LogP contribution >= 0.6 is 23.4 Å². The summed E-state index contributed by atoms with van der Waals surface area (Å²) < 4.78 is 1.84. The van der Waals surface area contributed by atoms with Crippen LogP contribution in [0.2, 0.25) is 5.02 Å². The molecule has 4 aromatic rings. The summed E-state index contributed by atoms with van der Waals surface area (Å²) in [4.78, 5) is 17.0. The highest BCUT2D eigenvalue weighted by molar-refractivity contribution is 7.99. The Balaban J connectivity index is 1.40. The molecular weight excluding hydrogens is 432 g/mol. The van der Waals surface area contributed by atoms with Crippen LogP contribution in [0.15, 0.2) is 53.7 Å². The van der Waals surface area contributed by atoms with Crippen LogP contribution in [-0.4, -0.2) is 36.6 Å². The Morgan fingerprint density at radius 3 is 2.52 bits per heavy atom. The molecule has 4 rings (SSSR count). The maximum absolute atomic E-state index is 12.5. The second-order valence-corrected chi connectivity index (χ2v) is 8.48. The van der Waals surface area contributed by atoms with Gasteiger partial charge in [-0.25, -0.2) is 9.67 Å². The molecule has 31 heavy (non-hydrogen) atoms. The van der Waals surface area contributed by atoms with Crippen molar-refractivity contribution in [1.82, 2.24) is 25.0 Å². The molecule has 2 heterocycles. The molecule has 0 saturated carbocycles. The van der Waals surface area contributed by atoms with Gasteiger partial charge in [-0.15, -0.1) is 5.10 Å². The van der Waals surface area contributed by atoms with E-state index in [9.17, 15) is 4.79 Å². The second-order valence-electron chi connectivity index (χ2n) is 7.10. The third kappa shape index (κ3) is 4.81. The fourth-order valence-electron chi connectivity index (χ4n) is 3.11. The van der Waals surface area contributed by atoms with Gasteiger partial charge in [-0.3, -0.25) is 9.89 Å². The van der Waals surface area contributed by atoms with Gasteiger partial charge >= 0.3 is 0 Å². The minimum atomic E-state index is -0.141.